The molecule has 16 heavy (non-hydrogen) atoms. The van der Waals surface area contributed by atoms with Gasteiger partial charge in [-0.3, -0.25) is 4.79 Å². The predicted octanol–water partition coefficient (Wildman–Crippen LogP) is 1.72. The van der Waals surface area contributed by atoms with Gasteiger partial charge < -0.3 is 16.8 Å². The van der Waals surface area contributed by atoms with Gasteiger partial charge in [-0.15, -0.1) is 0 Å². The van der Waals surface area contributed by atoms with Crippen LogP contribution in [0.5, 0.6) is 0 Å². The van der Waals surface area contributed by atoms with Crippen LogP contribution in [0.25, 0.3) is 0 Å². The van der Waals surface area contributed by atoms with Gasteiger partial charge >= 0.3 is 0 Å². The van der Waals surface area contributed by atoms with Gasteiger partial charge in [0.1, 0.15) is 0 Å². The molecule has 0 atom stereocenters. The van der Waals surface area contributed by atoms with E-state index in [2.05, 4.69) is 12.2 Å². The molecule has 0 bridgehead atoms. The summed E-state index contributed by atoms with van der Waals surface area (Å²) in [6.45, 7) is 2.15. The number of primary amides is 1. The van der Waals surface area contributed by atoms with Crippen molar-refractivity contribution in [2.45, 2.75) is 31.7 Å². The number of rotatable bonds is 3. The summed E-state index contributed by atoms with van der Waals surface area (Å²) in [7, 11) is 0. The Balaban J connectivity index is 2.29. The number of hydrogen-bond acceptors (Lipinski definition) is 3. The molecule has 0 saturated heterocycles. The molecule has 0 spiro atoms. The minimum absolute atomic E-state index is 0.0975. The van der Waals surface area contributed by atoms with Crippen molar-refractivity contribution in [1.29, 1.82) is 0 Å². The largest absolute Gasteiger partial charge is 0.399 e. The molecule has 86 valence electrons. The van der Waals surface area contributed by atoms with E-state index in [9.17, 15) is 4.79 Å². The van der Waals surface area contributed by atoms with E-state index in [1.807, 2.05) is 6.07 Å². The van der Waals surface area contributed by atoms with Crippen molar-refractivity contribution in [2.75, 3.05) is 11.1 Å². The lowest BCUT2D eigenvalue weighted by molar-refractivity contribution is 0.100. The number of nitrogens with one attached hydrogen (secondary N) is 1. The Labute approximate surface area is 95.0 Å². The van der Waals surface area contributed by atoms with E-state index in [1.54, 1.807) is 12.1 Å². The Morgan fingerprint density at radius 3 is 2.62 bits per heavy atom. The molecule has 0 aromatic heterocycles. The highest BCUT2D eigenvalue weighted by Crippen LogP contribution is 2.35. The highest BCUT2D eigenvalue weighted by atomic mass is 16.1. The molecule has 4 heteroatoms. The van der Waals surface area contributed by atoms with Crippen molar-refractivity contribution in [2.24, 2.45) is 5.73 Å². The molecule has 4 nitrogen and oxygen atoms in total. The Bertz CT molecular complexity index is 424. The number of carbonyl (C=O) groups is 1. The molecule has 1 aliphatic rings. The average molecular weight is 219 g/mol. The predicted molar refractivity (Wildman–Crippen MR) is 65.3 cm³/mol. The zero-order valence-corrected chi connectivity index (χ0v) is 9.42. The molecule has 1 aromatic carbocycles. The van der Waals surface area contributed by atoms with Gasteiger partial charge in [0.05, 0.1) is 5.56 Å². The smallest absolute Gasteiger partial charge is 0.250 e. The van der Waals surface area contributed by atoms with Crippen molar-refractivity contribution < 1.29 is 4.79 Å². The van der Waals surface area contributed by atoms with Gasteiger partial charge in [0.25, 0.3) is 5.91 Å². The van der Waals surface area contributed by atoms with Crippen LogP contribution in [0.15, 0.2) is 18.2 Å². The van der Waals surface area contributed by atoms with E-state index in [-0.39, 0.29) is 5.54 Å². The second kappa shape index (κ2) is 3.70. The number of amides is 1. The van der Waals surface area contributed by atoms with Gasteiger partial charge in [0, 0.05) is 16.9 Å². The van der Waals surface area contributed by atoms with Crippen LogP contribution in [0.1, 0.15) is 36.5 Å². The molecule has 0 aliphatic heterocycles. The number of benzene rings is 1. The first kappa shape index (κ1) is 10.8. The minimum atomic E-state index is -0.447. The molecular formula is C12H17N3O. The number of carbonyl (C=O) groups excluding carboxylic acids is 1. The molecule has 1 aromatic rings. The van der Waals surface area contributed by atoms with Crippen LogP contribution < -0.4 is 16.8 Å². The van der Waals surface area contributed by atoms with Crippen molar-refractivity contribution >= 4 is 17.3 Å². The third kappa shape index (κ3) is 1.96. The summed E-state index contributed by atoms with van der Waals surface area (Å²) in [4.78, 5) is 11.3. The fourth-order valence-corrected chi connectivity index (χ4v) is 2.03. The van der Waals surface area contributed by atoms with Crippen LogP contribution in [0.3, 0.4) is 0 Å². The van der Waals surface area contributed by atoms with E-state index in [4.69, 9.17) is 11.5 Å². The first-order chi connectivity index (χ1) is 7.50. The van der Waals surface area contributed by atoms with Crippen LogP contribution in [0, 0.1) is 0 Å². The highest BCUT2D eigenvalue weighted by molar-refractivity contribution is 5.99. The summed E-state index contributed by atoms with van der Waals surface area (Å²) in [6, 6.07) is 5.21. The van der Waals surface area contributed by atoms with Gasteiger partial charge in [-0.25, -0.2) is 0 Å². The summed E-state index contributed by atoms with van der Waals surface area (Å²) < 4.78 is 0. The average Bonchev–Trinajstić information content (AvgIpc) is 2.18. The van der Waals surface area contributed by atoms with Gasteiger partial charge in [-0.2, -0.15) is 0 Å². The zero-order chi connectivity index (χ0) is 11.8. The third-order valence-corrected chi connectivity index (χ3v) is 3.20. The SMILES string of the molecule is CC1(Nc2ccc(N)cc2C(N)=O)CCC1. The molecule has 1 saturated carbocycles. The van der Waals surface area contributed by atoms with Gasteiger partial charge in [-0.05, 0) is 44.4 Å². The van der Waals surface area contributed by atoms with Gasteiger partial charge in [0.2, 0.25) is 0 Å². The first-order valence-electron chi connectivity index (χ1n) is 5.48. The number of nitrogen functional groups attached to an aromatic ring is 1. The standard InChI is InChI=1S/C12H17N3O/c1-12(5-2-6-12)15-10-4-3-8(13)7-9(10)11(14)16/h3-4,7,15H,2,5-6,13H2,1H3,(H2,14,16). The first-order valence-corrected chi connectivity index (χ1v) is 5.48. The summed E-state index contributed by atoms with van der Waals surface area (Å²) in [5.41, 5.74) is 12.9. The maximum atomic E-state index is 11.3. The summed E-state index contributed by atoms with van der Waals surface area (Å²) in [5, 5.41) is 3.38. The highest BCUT2D eigenvalue weighted by Gasteiger charge is 2.32. The van der Waals surface area contributed by atoms with E-state index >= 15 is 0 Å². The lowest BCUT2D eigenvalue weighted by atomic mass is 9.78. The fourth-order valence-electron chi connectivity index (χ4n) is 2.03. The fraction of sp³-hybridized carbons (Fsp3) is 0.417. The second-order valence-corrected chi connectivity index (χ2v) is 4.71. The van der Waals surface area contributed by atoms with Crippen LogP contribution in [-0.2, 0) is 0 Å². The number of anilines is 2. The summed E-state index contributed by atoms with van der Waals surface area (Å²) in [6.07, 6.45) is 3.47. The van der Waals surface area contributed by atoms with Crippen LogP contribution in [0.4, 0.5) is 11.4 Å². The van der Waals surface area contributed by atoms with Gasteiger partial charge in [0.15, 0.2) is 0 Å². The molecule has 2 rings (SSSR count). The molecule has 1 amide bonds. The topological polar surface area (TPSA) is 81.1 Å². The lowest BCUT2D eigenvalue weighted by Gasteiger charge is -2.40. The zero-order valence-electron chi connectivity index (χ0n) is 9.42. The van der Waals surface area contributed by atoms with E-state index in [0.29, 0.717) is 11.3 Å². The monoisotopic (exact) mass is 219 g/mol. The van der Waals surface area contributed by atoms with Crippen LogP contribution >= 0.6 is 0 Å². The Hall–Kier alpha value is -1.71. The van der Waals surface area contributed by atoms with E-state index in [0.717, 1.165) is 18.5 Å². The van der Waals surface area contributed by atoms with Crippen molar-refractivity contribution in [3.63, 3.8) is 0 Å². The van der Waals surface area contributed by atoms with Crippen molar-refractivity contribution in [1.82, 2.24) is 0 Å². The number of hydrogen-bond donors (Lipinski definition) is 3. The molecule has 1 aliphatic carbocycles. The Kier molecular flexibility index (Phi) is 2.50. The van der Waals surface area contributed by atoms with Gasteiger partial charge in [-0.1, -0.05) is 0 Å². The van der Waals surface area contributed by atoms with Crippen molar-refractivity contribution in [3.8, 4) is 0 Å². The van der Waals surface area contributed by atoms with E-state index in [1.165, 1.54) is 6.42 Å². The Morgan fingerprint density at radius 1 is 1.44 bits per heavy atom. The molecule has 0 heterocycles. The van der Waals surface area contributed by atoms with Crippen molar-refractivity contribution in [3.05, 3.63) is 23.8 Å². The second-order valence-electron chi connectivity index (χ2n) is 4.71. The third-order valence-electron chi connectivity index (χ3n) is 3.20. The minimum Gasteiger partial charge on any atom is -0.399 e. The summed E-state index contributed by atoms with van der Waals surface area (Å²) >= 11 is 0. The molecule has 5 N–H and O–H groups in total. The van der Waals surface area contributed by atoms with Crippen LogP contribution in [-0.4, -0.2) is 11.4 Å². The Morgan fingerprint density at radius 2 is 2.12 bits per heavy atom. The van der Waals surface area contributed by atoms with Crippen LogP contribution in [0.2, 0.25) is 0 Å². The van der Waals surface area contributed by atoms with E-state index < -0.39 is 5.91 Å². The normalized spacial score (nSPS) is 17.6. The maximum Gasteiger partial charge on any atom is 0.250 e. The molecule has 1 fully saturated rings. The molecule has 0 radical (unpaired) electrons. The maximum absolute atomic E-state index is 11.3. The number of nitrogens with two attached hydrogens (primary N) is 2. The molecule has 0 unspecified atom stereocenters. The quantitative estimate of drug-likeness (QED) is 0.677. The summed E-state index contributed by atoms with van der Waals surface area (Å²) in [5.74, 6) is -0.447. The molecular weight excluding hydrogens is 202 g/mol. The lowest BCUT2D eigenvalue weighted by Crippen LogP contribution is -2.42.